The zero-order valence-corrected chi connectivity index (χ0v) is 19.7. The van der Waals surface area contributed by atoms with Crippen LogP contribution in [0.2, 0.25) is 5.02 Å². The maximum absolute atomic E-state index is 11.8. The maximum Gasteiger partial charge on any atom is 0.337 e. The molecule has 0 aliphatic rings. The van der Waals surface area contributed by atoms with Crippen molar-refractivity contribution in [3.8, 4) is 22.8 Å². The van der Waals surface area contributed by atoms with Gasteiger partial charge in [0.1, 0.15) is 24.7 Å². The fourth-order valence-electron chi connectivity index (χ4n) is 3.55. The summed E-state index contributed by atoms with van der Waals surface area (Å²) in [5, 5.41) is 10.2. The minimum Gasteiger partial charge on any atom is -0.488 e. The van der Waals surface area contributed by atoms with E-state index in [2.05, 4.69) is 4.98 Å². The number of carboxylic acid groups (broad SMARTS) is 1. The highest BCUT2D eigenvalue weighted by Crippen LogP contribution is 2.33. The molecule has 34 heavy (non-hydrogen) atoms. The van der Waals surface area contributed by atoms with Crippen LogP contribution in [-0.4, -0.2) is 16.1 Å². The summed E-state index contributed by atoms with van der Waals surface area (Å²) in [6.07, 6.45) is 0. The molecule has 0 atom stereocenters. The van der Waals surface area contributed by atoms with Crippen LogP contribution in [0.1, 0.15) is 32.7 Å². The molecule has 0 spiro atoms. The van der Waals surface area contributed by atoms with Gasteiger partial charge >= 0.3 is 5.97 Å². The van der Waals surface area contributed by atoms with Crippen LogP contribution in [0.15, 0.2) is 78.9 Å². The molecule has 0 amide bonds. The Balaban J connectivity index is 1.65. The monoisotopic (exact) mass is 473 g/mol. The van der Waals surface area contributed by atoms with Gasteiger partial charge in [0.2, 0.25) is 0 Å². The summed E-state index contributed by atoms with van der Waals surface area (Å²) in [7, 11) is 0. The van der Waals surface area contributed by atoms with Crippen molar-refractivity contribution < 1.29 is 19.4 Å². The summed E-state index contributed by atoms with van der Waals surface area (Å²) >= 11 is 6.23. The average molecular weight is 474 g/mol. The first-order chi connectivity index (χ1) is 16.4. The Hall–Kier alpha value is -3.83. The number of aromatic carboxylic acids is 1. The van der Waals surface area contributed by atoms with Crippen LogP contribution in [-0.2, 0) is 13.2 Å². The quantitative estimate of drug-likeness (QED) is 0.302. The molecule has 0 unspecified atom stereocenters. The summed E-state index contributed by atoms with van der Waals surface area (Å²) in [5.74, 6) is 0.200. The van der Waals surface area contributed by atoms with E-state index in [4.69, 9.17) is 21.1 Å². The molecule has 172 valence electrons. The van der Waals surface area contributed by atoms with Gasteiger partial charge in [0.25, 0.3) is 0 Å². The van der Waals surface area contributed by atoms with Crippen LogP contribution in [0, 0.1) is 13.8 Å². The Morgan fingerprint density at radius 1 is 0.882 bits per heavy atom. The number of aryl methyl sites for hydroxylation is 1. The molecule has 1 heterocycles. The predicted octanol–water partition coefficient (Wildman–Crippen LogP) is 6.88. The number of aromatic nitrogens is 1. The molecule has 5 nitrogen and oxygen atoms in total. The number of rotatable bonds is 8. The predicted molar refractivity (Wildman–Crippen MR) is 133 cm³/mol. The lowest BCUT2D eigenvalue weighted by Gasteiger charge is -2.15. The maximum atomic E-state index is 11.8. The average Bonchev–Trinajstić information content (AvgIpc) is 2.84. The van der Waals surface area contributed by atoms with Crippen molar-refractivity contribution in [2.24, 2.45) is 0 Å². The zero-order valence-electron chi connectivity index (χ0n) is 18.9. The number of carboxylic acids is 1. The van der Waals surface area contributed by atoms with Gasteiger partial charge in [-0.05, 0) is 66.9 Å². The van der Waals surface area contributed by atoms with Crippen molar-refractivity contribution in [3.05, 3.63) is 112 Å². The van der Waals surface area contributed by atoms with Crippen LogP contribution >= 0.6 is 11.6 Å². The Labute approximate surface area is 203 Å². The van der Waals surface area contributed by atoms with Crippen LogP contribution < -0.4 is 9.47 Å². The van der Waals surface area contributed by atoms with Crippen LogP contribution in [0.3, 0.4) is 0 Å². The van der Waals surface area contributed by atoms with Gasteiger partial charge in [0.05, 0.1) is 17.0 Å². The van der Waals surface area contributed by atoms with Crippen LogP contribution in [0.4, 0.5) is 0 Å². The van der Waals surface area contributed by atoms with Crippen LogP contribution in [0.25, 0.3) is 11.3 Å². The fourth-order valence-corrected chi connectivity index (χ4v) is 3.71. The third-order valence-corrected chi connectivity index (χ3v) is 5.82. The van der Waals surface area contributed by atoms with E-state index in [0.29, 0.717) is 40.1 Å². The molecule has 0 radical (unpaired) electrons. The van der Waals surface area contributed by atoms with E-state index in [-0.39, 0.29) is 12.2 Å². The number of hydrogen-bond donors (Lipinski definition) is 1. The Morgan fingerprint density at radius 3 is 2.41 bits per heavy atom. The van der Waals surface area contributed by atoms with E-state index in [0.717, 1.165) is 16.7 Å². The topological polar surface area (TPSA) is 68.7 Å². The molecule has 0 aliphatic carbocycles. The third-order valence-electron chi connectivity index (χ3n) is 5.58. The van der Waals surface area contributed by atoms with Gasteiger partial charge in [-0.15, -0.1) is 0 Å². The molecule has 0 fully saturated rings. The first-order valence-electron chi connectivity index (χ1n) is 10.8. The van der Waals surface area contributed by atoms with Crippen molar-refractivity contribution in [3.63, 3.8) is 0 Å². The molecule has 4 aromatic rings. The molecule has 1 aromatic heterocycles. The lowest BCUT2D eigenvalue weighted by Crippen LogP contribution is -2.09. The number of hydrogen-bond acceptors (Lipinski definition) is 4. The molecule has 0 saturated carbocycles. The SMILES string of the molecule is Cc1cccc(OCc2nc(-c3ccc(Cl)cc3OCc3ccccc3)ccc2C(=O)O)c1C. The van der Waals surface area contributed by atoms with E-state index in [1.807, 2.05) is 68.4 Å². The van der Waals surface area contributed by atoms with Gasteiger partial charge in [-0.1, -0.05) is 54.1 Å². The highest BCUT2D eigenvalue weighted by molar-refractivity contribution is 6.30. The number of halogens is 1. The van der Waals surface area contributed by atoms with Gasteiger partial charge in [0.15, 0.2) is 0 Å². The molecule has 1 N–H and O–H groups in total. The summed E-state index contributed by atoms with van der Waals surface area (Å²) in [6.45, 7) is 4.36. The Bertz CT molecular complexity index is 1320. The first kappa shape index (κ1) is 23.3. The molecule has 0 bridgehead atoms. The van der Waals surface area contributed by atoms with Gasteiger partial charge in [-0.3, -0.25) is 0 Å². The van der Waals surface area contributed by atoms with Crippen molar-refractivity contribution in [1.29, 1.82) is 0 Å². The summed E-state index contributed by atoms with van der Waals surface area (Å²) in [6, 6.07) is 24.1. The summed E-state index contributed by atoms with van der Waals surface area (Å²) in [4.78, 5) is 16.5. The molecular weight excluding hydrogens is 450 g/mol. The second-order valence-corrected chi connectivity index (χ2v) is 8.33. The second kappa shape index (κ2) is 10.4. The molecule has 0 aliphatic heterocycles. The zero-order chi connectivity index (χ0) is 24.1. The normalized spacial score (nSPS) is 10.7. The third kappa shape index (κ3) is 5.38. The van der Waals surface area contributed by atoms with Crippen molar-refractivity contribution in [2.45, 2.75) is 27.1 Å². The highest BCUT2D eigenvalue weighted by atomic mass is 35.5. The first-order valence-corrected chi connectivity index (χ1v) is 11.2. The van der Waals surface area contributed by atoms with Gasteiger partial charge < -0.3 is 14.6 Å². The molecule has 6 heteroatoms. The van der Waals surface area contributed by atoms with Crippen molar-refractivity contribution >= 4 is 17.6 Å². The number of ether oxygens (including phenoxy) is 2. The number of benzene rings is 3. The van der Waals surface area contributed by atoms with E-state index < -0.39 is 5.97 Å². The summed E-state index contributed by atoms with van der Waals surface area (Å²) < 4.78 is 12.0. The van der Waals surface area contributed by atoms with Crippen molar-refractivity contribution in [1.82, 2.24) is 4.98 Å². The Morgan fingerprint density at radius 2 is 1.65 bits per heavy atom. The van der Waals surface area contributed by atoms with E-state index in [1.54, 1.807) is 24.3 Å². The van der Waals surface area contributed by atoms with E-state index in [9.17, 15) is 9.90 Å². The second-order valence-electron chi connectivity index (χ2n) is 7.90. The standard InChI is InChI=1S/C28H24ClNO4/c1-18-7-6-10-26(19(18)2)34-17-25-23(28(31)32)13-14-24(30-25)22-12-11-21(29)15-27(22)33-16-20-8-4-3-5-9-20/h3-15H,16-17H2,1-2H3,(H,31,32). The number of nitrogens with zero attached hydrogens (tertiary/aromatic N) is 1. The minimum absolute atomic E-state index is 0.0214. The van der Waals surface area contributed by atoms with E-state index in [1.165, 1.54) is 0 Å². The molecule has 4 rings (SSSR count). The molecule has 3 aromatic carbocycles. The molecule has 0 saturated heterocycles. The number of carbonyl (C=O) groups is 1. The lowest BCUT2D eigenvalue weighted by molar-refractivity contribution is 0.0693. The largest absolute Gasteiger partial charge is 0.488 e. The minimum atomic E-state index is -1.06. The number of pyridine rings is 1. The van der Waals surface area contributed by atoms with E-state index >= 15 is 0 Å². The smallest absolute Gasteiger partial charge is 0.337 e. The summed E-state index contributed by atoms with van der Waals surface area (Å²) in [5.41, 5.74) is 4.83. The van der Waals surface area contributed by atoms with Crippen LogP contribution in [0.5, 0.6) is 11.5 Å². The lowest BCUT2D eigenvalue weighted by atomic mass is 10.1. The van der Waals surface area contributed by atoms with Gasteiger partial charge in [-0.25, -0.2) is 9.78 Å². The Kier molecular flexibility index (Phi) is 7.14. The molecular formula is C28H24ClNO4. The van der Waals surface area contributed by atoms with Crippen molar-refractivity contribution in [2.75, 3.05) is 0 Å². The fraction of sp³-hybridized carbons (Fsp3) is 0.143. The highest BCUT2D eigenvalue weighted by Gasteiger charge is 2.17. The van der Waals surface area contributed by atoms with Gasteiger partial charge in [0, 0.05) is 10.6 Å². The van der Waals surface area contributed by atoms with Gasteiger partial charge in [-0.2, -0.15) is 0 Å².